The Labute approximate surface area is 110 Å². The number of anilines is 1. The summed E-state index contributed by atoms with van der Waals surface area (Å²) in [6.07, 6.45) is 7.56. The van der Waals surface area contributed by atoms with Gasteiger partial charge in [-0.2, -0.15) is 0 Å². The first-order chi connectivity index (χ1) is 8.79. The molecule has 0 saturated carbocycles. The number of aromatic nitrogens is 2. The number of hydrogen-bond acceptors (Lipinski definition) is 4. The summed E-state index contributed by atoms with van der Waals surface area (Å²) in [5.74, 6) is 1.61. The Morgan fingerprint density at radius 1 is 1.39 bits per heavy atom. The van der Waals surface area contributed by atoms with Crippen LogP contribution in [-0.2, 0) is 0 Å². The van der Waals surface area contributed by atoms with Gasteiger partial charge >= 0.3 is 0 Å². The van der Waals surface area contributed by atoms with Crippen LogP contribution in [0.2, 0.25) is 0 Å². The van der Waals surface area contributed by atoms with Crippen molar-refractivity contribution in [1.82, 2.24) is 15.3 Å². The van der Waals surface area contributed by atoms with Gasteiger partial charge in [0.2, 0.25) is 5.95 Å². The monoisotopic (exact) mass is 248 g/mol. The maximum atomic E-state index is 4.46. The Balaban J connectivity index is 2.00. The van der Waals surface area contributed by atoms with Crippen LogP contribution in [0.15, 0.2) is 12.4 Å². The zero-order valence-electron chi connectivity index (χ0n) is 11.5. The minimum Gasteiger partial charge on any atom is -0.341 e. The highest BCUT2D eigenvalue weighted by atomic mass is 15.2. The summed E-state index contributed by atoms with van der Waals surface area (Å²) in [6.45, 7) is 8.65. The molecule has 0 amide bonds. The van der Waals surface area contributed by atoms with Crippen molar-refractivity contribution in [2.75, 3.05) is 31.1 Å². The fourth-order valence-electron chi connectivity index (χ4n) is 2.48. The van der Waals surface area contributed by atoms with Crippen LogP contribution in [-0.4, -0.2) is 36.1 Å². The van der Waals surface area contributed by atoms with Gasteiger partial charge in [-0.1, -0.05) is 6.92 Å². The topological polar surface area (TPSA) is 41.0 Å². The summed E-state index contributed by atoms with van der Waals surface area (Å²) in [6, 6.07) is 0. The van der Waals surface area contributed by atoms with E-state index in [9.17, 15) is 0 Å². The highest BCUT2D eigenvalue weighted by Gasteiger charge is 2.18. The lowest BCUT2D eigenvalue weighted by atomic mass is 9.99. The summed E-state index contributed by atoms with van der Waals surface area (Å²) in [5, 5.41) is 3.48. The molecule has 1 fully saturated rings. The van der Waals surface area contributed by atoms with Gasteiger partial charge in [0, 0.05) is 25.5 Å². The zero-order chi connectivity index (χ0) is 12.8. The van der Waals surface area contributed by atoms with Crippen molar-refractivity contribution in [1.29, 1.82) is 0 Å². The lowest BCUT2D eigenvalue weighted by molar-refractivity contribution is 0.375. The molecule has 1 aliphatic heterocycles. The molecule has 0 radical (unpaired) electrons. The van der Waals surface area contributed by atoms with Crippen molar-refractivity contribution in [3.05, 3.63) is 18.0 Å². The first-order valence-electron chi connectivity index (χ1n) is 7.04. The fourth-order valence-corrected chi connectivity index (χ4v) is 2.48. The molecule has 1 N–H and O–H groups in total. The van der Waals surface area contributed by atoms with Crippen molar-refractivity contribution in [3.8, 4) is 0 Å². The van der Waals surface area contributed by atoms with Gasteiger partial charge in [-0.3, -0.25) is 0 Å². The smallest absolute Gasteiger partial charge is 0.225 e. The zero-order valence-corrected chi connectivity index (χ0v) is 11.5. The molecule has 1 aliphatic rings. The summed E-state index contributed by atoms with van der Waals surface area (Å²) < 4.78 is 0. The maximum Gasteiger partial charge on any atom is 0.225 e. The third-order valence-electron chi connectivity index (χ3n) is 3.42. The predicted molar refractivity (Wildman–Crippen MR) is 74.9 cm³/mol. The molecule has 100 valence electrons. The van der Waals surface area contributed by atoms with Crippen LogP contribution < -0.4 is 10.2 Å². The second-order valence-electron chi connectivity index (χ2n) is 5.22. The molecular formula is C14H24N4. The number of nitrogens with zero attached hydrogens (tertiary/aromatic N) is 3. The fraction of sp³-hybridized carbons (Fsp3) is 0.714. The van der Waals surface area contributed by atoms with Crippen LogP contribution in [0.5, 0.6) is 0 Å². The molecule has 4 heteroatoms. The predicted octanol–water partition coefficient (Wildman–Crippen LogP) is 2.00. The van der Waals surface area contributed by atoms with E-state index in [2.05, 4.69) is 27.1 Å². The van der Waals surface area contributed by atoms with Crippen LogP contribution >= 0.6 is 0 Å². The molecule has 1 unspecified atom stereocenters. The van der Waals surface area contributed by atoms with E-state index in [1.54, 1.807) is 0 Å². The summed E-state index contributed by atoms with van der Waals surface area (Å²) >= 11 is 0. The van der Waals surface area contributed by atoms with E-state index in [4.69, 9.17) is 0 Å². The number of aryl methyl sites for hydroxylation is 1. The van der Waals surface area contributed by atoms with E-state index in [-0.39, 0.29) is 0 Å². The Morgan fingerprint density at radius 2 is 2.17 bits per heavy atom. The van der Waals surface area contributed by atoms with Crippen molar-refractivity contribution in [2.45, 2.75) is 33.1 Å². The van der Waals surface area contributed by atoms with Crippen molar-refractivity contribution in [2.24, 2.45) is 5.92 Å². The van der Waals surface area contributed by atoms with Crippen molar-refractivity contribution in [3.63, 3.8) is 0 Å². The summed E-state index contributed by atoms with van der Waals surface area (Å²) in [5.41, 5.74) is 1.12. The van der Waals surface area contributed by atoms with Gasteiger partial charge in [0.25, 0.3) is 0 Å². The molecule has 1 saturated heterocycles. The Hall–Kier alpha value is -1.16. The molecular weight excluding hydrogens is 224 g/mol. The van der Waals surface area contributed by atoms with Crippen LogP contribution in [0.4, 0.5) is 5.95 Å². The lowest BCUT2D eigenvalue weighted by Gasteiger charge is -2.30. The van der Waals surface area contributed by atoms with Gasteiger partial charge in [-0.15, -0.1) is 0 Å². The van der Waals surface area contributed by atoms with E-state index < -0.39 is 0 Å². The minimum absolute atomic E-state index is 0.732. The molecule has 18 heavy (non-hydrogen) atoms. The van der Waals surface area contributed by atoms with Gasteiger partial charge < -0.3 is 10.2 Å². The van der Waals surface area contributed by atoms with Gasteiger partial charge in [0.05, 0.1) is 0 Å². The van der Waals surface area contributed by atoms with Gasteiger partial charge in [-0.05, 0) is 50.8 Å². The first-order valence-corrected chi connectivity index (χ1v) is 7.04. The molecule has 0 aliphatic carbocycles. The molecule has 1 atom stereocenters. The number of hydrogen-bond donors (Lipinski definition) is 1. The standard InChI is InChI=1S/C14H24N4/c1-3-7-18(11-13-5-4-6-15-10-13)14-16-8-12(2)9-17-14/h8-9,13,15H,3-7,10-11H2,1-2H3. The Morgan fingerprint density at radius 3 is 2.78 bits per heavy atom. The van der Waals surface area contributed by atoms with E-state index in [0.717, 1.165) is 43.5 Å². The average Bonchev–Trinajstić information content (AvgIpc) is 2.40. The van der Waals surface area contributed by atoms with Crippen molar-refractivity contribution >= 4 is 5.95 Å². The van der Waals surface area contributed by atoms with E-state index in [1.807, 2.05) is 19.3 Å². The van der Waals surface area contributed by atoms with Crippen LogP contribution in [0, 0.1) is 12.8 Å². The largest absolute Gasteiger partial charge is 0.341 e. The molecule has 0 spiro atoms. The Kier molecular flexibility index (Phi) is 4.93. The molecule has 0 aromatic carbocycles. The number of rotatable bonds is 5. The summed E-state index contributed by atoms with van der Waals surface area (Å²) in [7, 11) is 0. The second-order valence-corrected chi connectivity index (χ2v) is 5.22. The third kappa shape index (κ3) is 3.67. The Bertz CT molecular complexity index is 343. The minimum atomic E-state index is 0.732. The molecule has 1 aromatic rings. The molecule has 0 bridgehead atoms. The third-order valence-corrected chi connectivity index (χ3v) is 3.42. The molecule has 1 aromatic heterocycles. The average molecular weight is 248 g/mol. The van der Waals surface area contributed by atoms with E-state index in [0.29, 0.717) is 0 Å². The van der Waals surface area contributed by atoms with Gasteiger partial charge in [0.1, 0.15) is 0 Å². The normalized spacial score (nSPS) is 19.8. The van der Waals surface area contributed by atoms with Gasteiger partial charge in [-0.25, -0.2) is 9.97 Å². The highest BCUT2D eigenvalue weighted by Crippen LogP contribution is 2.15. The van der Waals surface area contributed by atoms with Crippen molar-refractivity contribution < 1.29 is 0 Å². The highest BCUT2D eigenvalue weighted by molar-refractivity contribution is 5.29. The van der Waals surface area contributed by atoms with Crippen LogP contribution in [0.3, 0.4) is 0 Å². The van der Waals surface area contributed by atoms with Crippen LogP contribution in [0.1, 0.15) is 31.7 Å². The van der Waals surface area contributed by atoms with E-state index >= 15 is 0 Å². The molecule has 2 rings (SSSR count). The lowest BCUT2D eigenvalue weighted by Crippen LogP contribution is -2.39. The summed E-state index contributed by atoms with van der Waals surface area (Å²) in [4.78, 5) is 11.2. The quantitative estimate of drug-likeness (QED) is 0.865. The van der Waals surface area contributed by atoms with E-state index in [1.165, 1.54) is 19.4 Å². The van der Waals surface area contributed by atoms with Crippen LogP contribution in [0.25, 0.3) is 0 Å². The molecule has 4 nitrogen and oxygen atoms in total. The first kappa shape index (κ1) is 13.3. The maximum absolute atomic E-state index is 4.46. The SMILES string of the molecule is CCCN(CC1CCCNC1)c1ncc(C)cn1. The number of piperidine rings is 1. The van der Waals surface area contributed by atoms with Gasteiger partial charge in [0.15, 0.2) is 0 Å². The number of nitrogens with one attached hydrogen (secondary N) is 1. The second kappa shape index (κ2) is 6.69. The molecule has 2 heterocycles.